The average Bonchev–Trinajstić information content (AvgIpc) is 2.26. The summed E-state index contributed by atoms with van der Waals surface area (Å²) < 4.78 is 0. The van der Waals surface area contributed by atoms with Crippen molar-refractivity contribution in [3.63, 3.8) is 0 Å². The summed E-state index contributed by atoms with van der Waals surface area (Å²) in [6.07, 6.45) is 7.38. The van der Waals surface area contributed by atoms with E-state index in [9.17, 15) is 0 Å². The Balaban J connectivity index is 2.21. The third-order valence-corrected chi connectivity index (χ3v) is 3.32. The van der Waals surface area contributed by atoms with Gasteiger partial charge in [0.2, 0.25) is 0 Å². The summed E-state index contributed by atoms with van der Waals surface area (Å²) in [6, 6.07) is 1.70. The van der Waals surface area contributed by atoms with Crippen LogP contribution in [-0.2, 0) is 0 Å². The maximum atomic E-state index is 5.98. The lowest BCUT2D eigenvalue weighted by molar-refractivity contribution is 0.748. The van der Waals surface area contributed by atoms with Crippen molar-refractivity contribution < 1.29 is 0 Å². The number of hydrogen-bond donors (Lipinski definition) is 1. The van der Waals surface area contributed by atoms with Crippen molar-refractivity contribution in [2.75, 3.05) is 23.9 Å². The quantitative estimate of drug-likeness (QED) is 0.752. The highest BCUT2D eigenvalue weighted by molar-refractivity contribution is 7.98. The first-order chi connectivity index (χ1) is 7.74. The largest absolute Gasteiger partial charge is 0.369 e. The molecule has 1 N–H and O–H groups in total. The predicted molar refractivity (Wildman–Crippen MR) is 75.0 cm³/mol. The van der Waals surface area contributed by atoms with Gasteiger partial charge in [-0.15, -0.1) is 0 Å². The van der Waals surface area contributed by atoms with Crippen LogP contribution in [-0.4, -0.2) is 23.5 Å². The Hall–Kier alpha value is -0.120. The van der Waals surface area contributed by atoms with E-state index in [1.807, 2.05) is 11.8 Å². The third kappa shape index (κ3) is 5.28. The molecule has 0 bridgehead atoms. The molecule has 0 fully saturated rings. The Kier molecular flexibility index (Phi) is 7.01. The summed E-state index contributed by atoms with van der Waals surface area (Å²) in [5, 5.41) is 4.35. The molecule has 0 aliphatic carbocycles. The van der Waals surface area contributed by atoms with E-state index in [0.717, 1.165) is 18.8 Å². The van der Waals surface area contributed by atoms with Crippen LogP contribution in [0, 0.1) is 0 Å². The topological polar surface area (TPSA) is 24.9 Å². The van der Waals surface area contributed by atoms with Crippen LogP contribution >= 0.6 is 35.0 Å². The Morgan fingerprint density at radius 2 is 2.12 bits per heavy atom. The third-order valence-electron chi connectivity index (χ3n) is 2.13. The van der Waals surface area contributed by atoms with Crippen LogP contribution in [0.15, 0.2) is 12.3 Å². The van der Waals surface area contributed by atoms with Crippen molar-refractivity contribution in [2.45, 2.75) is 19.3 Å². The number of rotatable bonds is 7. The first-order valence-corrected chi connectivity index (χ1v) is 7.43. The number of nitrogens with one attached hydrogen (secondary N) is 1. The SMILES string of the molecule is CSCCCCCNc1ncc(Cl)cc1Cl. The van der Waals surface area contributed by atoms with E-state index in [2.05, 4.69) is 16.6 Å². The van der Waals surface area contributed by atoms with Crippen molar-refractivity contribution in [1.82, 2.24) is 4.98 Å². The van der Waals surface area contributed by atoms with Crippen molar-refractivity contribution >= 4 is 40.8 Å². The van der Waals surface area contributed by atoms with Crippen LogP contribution < -0.4 is 5.32 Å². The second kappa shape index (κ2) is 8.04. The molecule has 1 aromatic heterocycles. The number of hydrogen-bond acceptors (Lipinski definition) is 3. The Morgan fingerprint density at radius 1 is 1.31 bits per heavy atom. The van der Waals surface area contributed by atoms with E-state index in [1.54, 1.807) is 12.3 Å². The molecule has 0 aliphatic heterocycles. The first kappa shape index (κ1) is 13.9. The minimum absolute atomic E-state index is 0.565. The monoisotopic (exact) mass is 278 g/mol. The minimum atomic E-state index is 0.565. The molecular weight excluding hydrogens is 263 g/mol. The summed E-state index contributed by atoms with van der Waals surface area (Å²) in [5.41, 5.74) is 0. The molecule has 5 heteroatoms. The molecule has 0 amide bonds. The van der Waals surface area contributed by atoms with Gasteiger partial charge >= 0.3 is 0 Å². The molecule has 1 heterocycles. The summed E-state index contributed by atoms with van der Waals surface area (Å²) in [5.74, 6) is 1.95. The molecule has 0 unspecified atom stereocenters. The number of nitrogens with zero attached hydrogens (tertiary/aromatic N) is 1. The lowest BCUT2D eigenvalue weighted by Gasteiger charge is -2.07. The average molecular weight is 279 g/mol. The van der Waals surface area contributed by atoms with Gasteiger partial charge in [-0.2, -0.15) is 11.8 Å². The molecule has 0 spiro atoms. The molecule has 1 rings (SSSR count). The van der Waals surface area contributed by atoms with Gasteiger partial charge in [0.25, 0.3) is 0 Å². The molecule has 0 radical (unpaired) electrons. The van der Waals surface area contributed by atoms with Gasteiger partial charge in [0.1, 0.15) is 5.82 Å². The van der Waals surface area contributed by atoms with Gasteiger partial charge < -0.3 is 5.32 Å². The van der Waals surface area contributed by atoms with Gasteiger partial charge in [0.15, 0.2) is 0 Å². The molecule has 90 valence electrons. The van der Waals surface area contributed by atoms with Crippen LogP contribution in [0.5, 0.6) is 0 Å². The molecule has 2 nitrogen and oxygen atoms in total. The second-order valence-electron chi connectivity index (χ2n) is 3.46. The highest BCUT2D eigenvalue weighted by Gasteiger charge is 2.01. The van der Waals surface area contributed by atoms with E-state index >= 15 is 0 Å². The fourth-order valence-electron chi connectivity index (χ4n) is 1.30. The zero-order chi connectivity index (χ0) is 11.8. The van der Waals surface area contributed by atoms with E-state index in [1.165, 1.54) is 18.6 Å². The smallest absolute Gasteiger partial charge is 0.144 e. The summed E-state index contributed by atoms with van der Waals surface area (Å²) in [4.78, 5) is 4.13. The van der Waals surface area contributed by atoms with Crippen LogP contribution in [0.4, 0.5) is 5.82 Å². The molecule has 0 aliphatic rings. The van der Waals surface area contributed by atoms with E-state index in [0.29, 0.717) is 10.0 Å². The lowest BCUT2D eigenvalue weighted by Crippen LogP contribution is -2.03. The molecule has 0 atom stereocenters. The minimum Gasteiger partial charge on any atom is -0.369 e. The zero-order valence-electron chi connectivity index (χ0n) is 9.30. The van der Waals surface area contributed by atoms with Crippen molar-refractivity contribution in [3.05, 3.63) is 22.3 Å². The van der Waals surface area contributed by atoms with E-state index in [-0.39, 0.29) is 0 Å². The normalized spacial score (nSPS) is 10.4. The van der Waals surface area contributed by atoms with Gasteiger partial charge in [-0.05, 0) is 30.9 Å². The van der Waals surface area contributed by atoms with Gasteiger partial charge in [0.05, 0.1) is 10.0 Å². The van der Waals surface area contributed by atoms with Gasteiger partial charge in [0, 0.05) is 12.7 Å². The molecular formula is C11H16Cl2N2S. The standard InChI is InChI=1S/C11H16Cl2N2S/c1-16-6-4-2-3-5-14-11-10(13)7-9(12)8-15-11/h7-8H,2-6H2,1H3,(H,14,15). The number of aromatic nitrogens is 1. The Bertz CT molecular complexity index is 321. The molecule has 0 saturated carbocycles. The number of pyridine rings is 1. The Morgan fingerprint density at radius 3 is 2.81 bits per heavy atom. The second-order valence-corrected chi connectivity index (χ2v) is 5.29. The van der Waals surface area contributed by atoms with Gasteiger partial charge in [-0.3, -0.25) is 0 Å². The summed E-state index contributed by atoms with van der Waals surface area (Å²) >= 11 is 13.6. The maximum Gasteiger partial charge on any atom is 0.144 e. The van der Waals surface area contributed by atoms with Crippen LogP contribution in [0.25, 0.3) is 0 Å². The van der Waals surface area contributed by atoms with Crippen molar-refractivity contribution in [2.24, 2.45) is 0 Å². The fraction of sp³-hybridized carbons (Fsp3) is 0.545. The van der Waals surface area contributed by atoms with Crippen LogP contribution in [0.2, 0.25) is 10.0 Å². The highest BCUT2D eigenvalue weighted by Crippen LogP contribution is 2.22. The van der Waals surface area contributed by atoms with Crippen LogP contribution in [0.1, 0.15) is 19.3 Å². The Labute approximate surface area is 111 Å². The molecule has 16 heavy (non-hydrogen) atoms. The highest BCUT2D eigenvalue weighted by atomic mass is 35.5. The first-order valence-electron chi connectivity index (χ1n) is 5.28. The fourth-order valence-corrected chi connectivity index (χ4v) is 2.24. The van der Waals surface area contributed by atoms with Crippen LogP contribution in [0.3, 0.4) is 0 Å². The predicted octanol–water partition coefficient (Wildman–Crippen LogP) is 4.33. The van der Waals surface area contributed by atoms with E-state index < -0.39 is 0 Å². The number of thioether (sulfide) groups is 1. The molecule has 0 saturated heterocycles. The summed E-state index contributed by atoms with van der Waals surface area (Å²) in [7, 11) is 0. The van der Waals surface area contributed by atoms with E-state index in [4.69, 9.17) is 23.2 Å². The lowest BCUT2D eigenvalue weighted by atomic mass is 10.2. The van der Waals surface area contributed by atoms with Crippen molar-refractivity contribution in [1.29, 1.82) is 0 Å². The maximum absolute atomic E-state index is 5.98. The zero-order valence-corrected chi connectivity index (χ0v) is 11.6. The number of halogens is 2. The van der Waals surface area contributed by atoms with Gasteiger partial charge in [-0.1, -0.05) is 29.6 Å². The number of unbranched alkanes of at least 4 members (excludes halogenated alkanes) is 2. The van der Waals surface area contributed by atoms with Gasteiger partial charge in [-0.25, -0.2) is 4.98 Å². The molecule has 1 aromatic rings. The summed E-state index contributed by atoms with van der Waals surface area (Å²) in [6.45, 7) is 0.905. The van der Waals surface area contributed by atoms with Crippen molar-refractivity contribution in [3.8, 4) is 0 Å². The number of anilines is 1. The molecule has 0 aromatic carbocycles.